The van der Waals surface area contributed by atoms with E-state index in [4.69, 9.17) is 0 Å². The van der Waals surface area contributed by atoms with Gasteiger partial charge in [0.15, 0.2) is 5.78 Å². The molecule has 0 fully saturated rings. The minimum atomic E-state index is -0.358. The Balaban J connectivity index is 2.00. The predicted octanol–water partition coefficient (Wildman–Crippen LogP) is 3.65. The highest BCUT2D eigenvalue weighted by Gasteiger charge is 2.24. The van der Waals surface area contributed by atoms with Crippen LogP contribution < -0.4 is 0 Å². The summed E-state index contributed by atoms with van der Waals surface area (Å²) in [6.45, 7) is 0. The molecule has 0 amide bonds. The second-order valence-electron chi connectivity index (χ2n) is 4.39. The highest BCUT2D eigenvalue weighted by molar-refractivity contribution is 6.15. The molecule has 0 N–H and O–H groups in total. The molecule has 0 unspecified atom stereocenters. The van der Waals surface area contributed by atoms with Crippen LogP contribution in [0.25, 0.3) is 6.08 Å². The maximum atomic E-state index is 13.1. The SMILES string of the molecule is O=C1/C(=C/c2ccccc2)Cc2ccc(F)cc21. The number of fused-ring (bicyclic) bond motifs is 1. The first-order valence-electron chi connectivity index (χ1n) is 5.83. The predicted molar refractivity (Wildman–Crippen MR) is 68.9 cm³/mol. The Bertz CT molecular complexity index is 641. The van der Waals surface area contributed by atoms with E-state index in [0.29, 0.717) is 12.0 Å². The molecule has 1 aliphatic rings. The summed E-state index contributed by atoms with van der Waals surface area (Å²) in [6, 6.07) is 14.1. The Morgan fingerprint density at radius 3 is 2.61 bits per heavy atom. The largest absolute Gasteiger partial charge is 0.289 e. The van der Waals surface area contributed by atoms with Crippen LogP contribution in [0.4, 0.5) is 4.39 Å². The van der Waals surface area contributed by atoms with Crippen molar-refractivity contribution < 1.29 is 9.18 Å². The zero-order chi connectivity index (χ0) is 12.5. The van der Waals surface area contributed by atoms with Crippen molar-refractivity contribution in [2.45, 2.75) is 6.42 Å². The summed E-state index contributed by atoms with van der Waals surface area (Å²) in [5.41, 5.74) is 3.12. The van der Waals surface area contributed by atoms with Crippen LogP contribution in [0.1, 0.15) is 21.5 Å². The Hall–Kier alpha value is -2.22. The first-order valence-corrected chi connectivity index (χ1v) is 5.83. The maximum absolute atomic E-state index is 13.1. The lowest BCUT2D eigenvalue weighted by atomic mass is 10.1. The van der Waals surface area contributed by atoms with Crippen molar-refractivity contribution in [3.63, 3.8) is 0 Å². The van der Waals surface area contributed by atoms with Gasteiger partial charge in [-0.2, -0.15) is 0 Å². The average molecular weight is 238 g/mol. The van der Waals surface area contributed by atoms with Gasteiger partial charge in [0.2, 0.25) is 0 Å². The molecule has 0 saturated carbocycles. The summed E-state index contributed by atoms with van der Waals surface area (Å²) in [7, 11) is 0. The van der Waals surface area contributed by atoms with E-state index in [9.17, 15) is 9.18 Å². The third-order valence-corrected chi connectivity index (χ3v) is 3.13. The van der Waals surface area contributed by atoms with Crippen LogP contribution in [0.3, 0.4) is 0 Å². The van der Waals surface area contributed by atoms with Gasteiger partial charge in [-0.05, 0) is 29.3 Å². The molecule has 1 nitrogen and oxygen atoms in total. The van der Waals surface area contributed by atoms with Crippen molar-refractivity contribution in [3.8, 4) is 0 Å². The van der Waals surface area contributed by atoms with E-state index in [2.05, 4.69) is 0 Å². The molecular weight excluding hydrogens is 227 g/mol. The lowest BCUT2D eigenvalue weighted by Crippen LogP contribution is -1.95. The third kappa shape index (κ3) is 1.86. The number of hydrogen-bond donors (Lipinski definition) is 0. The number of hydrogen-bond acceptors (Lipinski definition) is 1. The van der Waals surface area contributed by atoms with Gasteiger partial charge in [-0.25, -0.2) is 4.39 Å². The van der Waals surface area contributed by atoms with Crippen molar-refractivity contribution >= 4 is 11.9 Å². The molecule has 0 aliphatic heterocycles. The number of carbonyl (C=O) groups is 1. The van der Waals surface area contributed by atoms with Gasteiger partial charge in [0.25, 0.3) is 0 Å². The second kappa shape index (κ2) is 4.22. The summed E-state index contributed by atoms with van der Waals surface area (Å²) in [6.07, 6.45) is 2.46. The van der Waals surface area contributed by atoms with Gasteiger partial charge < -0.3 is 0 Å². The lowest BCUT2D eigenvalue weighted by Gasteiger charge is -1.95. The topological polar surface area (TPSA) is 17.1 Å². The highest BCUT2D eigenvalue weighted by atomic mass is 19.1. The zero-order valence-electron chi connectivity index (χ0n) is 9.69. The number of rotatable bonds is 1. The lowest BCUT2D eigenvalue weighted by molar-refractivity contribution is 0.104. The van der Waals surface area contributed by atoms with Crippen molar-refractivity contribution in [2.75, 3.05) is 0 Å². The van der Waals surface area contributed by atoms with Crippen LogP contribution in [0.5, 0.6) is 0 Å². The smallest absolute Gasteiger partial charge is 0.189 e. The molecule has 18 heavy (non-hydrogen) atoms. The summed E-state index contributed by atoms with van der Waals surface area (Å²) >= 11 is 0. The van der Waals surface area contributed by atoms with Crippen LogP contribution in [0.15, 0.2) is 54.1 Å². The molecule has 0 heterocycles. The molecule has 0 saturated heterocycles. The molecule has 88 valence electrons. The van der Waals surface area contributed by atoms with Crippen LogP contribution >= 0.6 is 0 Å². The van der Waals surface area contributed by atoms with Crippen molar-refractivity contribution in [2.24, 2.45) is 0 Å². The van der Waals surface area contributed by atoms with E-state index >= 15 is 0 Å². The van der Waals surface area contributed by atoms with Crippen molar-refractivity contribution in [1.82, 2.24) is 0 Å². The van der Waals surface area contributed by atoms with Crippen LogP contribution in [0.2, 0.25) is 0 Å². The number of benzene rings is 2. The standard InChI is InChI=1S/C16H11FO/c17-14-7-6-12-9-13(16(18)15(12)10-14)8-11-4-2-1-3-5-11/h1-8,10H,9H2/b13-8+. The van der Waals surface area contributed by atoms with Gasteiger partial charge in [-0.15, -0.1) is 0 Å². The van der Waals surface area contributed by atoms with E-state index in [1.165, 1.54) is 12.1 Å². The number of allylic oxidation sites excluding steroid dienone is 1. The fourth-order valence-corrected chi connectivity index (χ4v) is 2.24. The van der Waals surface area contributed by atoms with E-state index in [1.807, 2.05) is 36.4 Å². The fourth-order valence-electron chi connectivity index (χ4n) is 2.24. The number of halogens is 1. The van der Waals surface area contributed by atoms with Gasteiger partial charge in [-0.3, -0.25) is 4.79 Å². The molecule has 1 aliphatic carbocycles. The average Bonchev–Trinajstić information content (AvgIpc) is 2.68. The first-order chi connectivity index (χ1) is 8.74. The minimum absolute atomic E-state index is 0.0617. The maximum Gasteiger partial charge on any atom is 0.189 e. The van der Waals surface area contributed by atoms with Gasteiger partial charge in [0, 0.05) is 17.6 Å². The van der Waals surface area contributed by atoms with E-state index < -0.39 is 0 Å². The summed E-state index contributed by atoms with van der Waals surface area (Å²) in [4.78, 5) is 12.1. The number of carbonyl (C=O) groups excluding carboxylic acids is 1. The van der Waals surface area contributed by atoms with Crippen LogP contribution in [0, 0.1) is 5.82 Å². The van der Waals surface area contributed by atoms with Crippen LogP contribution in [-0.2, 0) is 6.42 Å². The normalized spacial score (nSPS) is 16.1. The van der Waals surface area contributed by atoms with Crippen LogP contribution in [-0.4, -0.2) is 5.78 Å². The monoisotopic (exact) mass is 238 g/mol. The molecule has 0 atom stereocenters. The first kappa shape index (κ1) is 10.9. The molecule has 0 radical (unpaired) electrons. The minimum Gasteiger partial charge on any atom is -0.289 e. The fraction of sp³-hybridized carbons (Fsp3) is 0.0625. The Morgan fingerprint density at radius 1 is 1.06 bits per heavy atom. The van der Waals surface area contributed by atoms with Crippen molar-refractivity contribution in [1.29, 1.82) is 0 Å². The number of Topliss-reactive ketones (excluding diaryl/α,β-unsaturated/α-hetero) is 1. The Morgan fingerprint density at radius 2 is 1.83 bits per heavy atom. The Kier molecular flexibility index (Phi) is 2.56. The molecule has 2 aromatic carbocycles. The molecule has 0 spiro atoms. The summed E-state index contributed by atoms with van der Waals surface area (Å²) in [5.74, 6) is -0.420. The van der Waals surface area contributed by atoms with Gasteiger partial charge in [0.05, 0.1) is 0 Å². The molecule has 2 heteroatoms. The van der Waals surface area contributed by atoms with E-state index in [-0.39, 0.29) is 11.6 Å². The van der Waals surface area contributed by atoms with Crippen molar-refractivity contribution in [3.05, 3.63) is 76.6 Å². The quantitative estimate of drug-likeness (QED) is 0.693. The third-order valence-electron chi connectivity index (χ3n) is 3.13. The summed E-state index contributed by atoms with van der Waals surface area (Å²) in [5, 5.41) is 0. The van der Waals surface area contributed by atoms with Gasteiger partial charge in [-0.1, -0.05) is 36.4 Å². The van der Waals surface area contributed by atoms with Gasteiger partial charge in [0.1, 0.15) is 5.82 Å². The molecular formula is C16H11FO. The highest BCUT2D eigenvalue weighted by Crippen LogP contribution is 2.28. The molecule has 2 aromatic rings. The molecule has 0 bridgehead atoms. The Labute approximate surface area is 105 Å². The summed E-state index contributed by atoms with van der Waals surface area (Å²) < 4.78 is 13.1. The van der Waals surface area contributed by atoms with E-state index in [0.717, 1.165) is 16.7 Å². The molecule has 3 rings (SSSR count). The van der Waals surface area contributed by atoms with Gasteiger partial charge >= 0.3 is 0 Å². The molecule has 0 aromatic heterocycles. The zero-order valence-corrected chi connectivity index (χ0v) is 9.69. The van der Waals surface area contributed by atoms with E-state index in [1.54, 1.807) is 6.07 Å². The number of ketones is 1. The second-order valence-corrected chi connectivity index (χ2v) is 4.39.